The van der Waals surface area contributed by atoms with Crippen molar-refractivity contribution in [1.29, 1.82) is 0 Å². The molecule has 112 valence electrons. The molecule has 0 aliphatic rings. The van der Waals surface area contributed by atoms with Crippen LogP contribution in [0.2, 0.25) is 0 Å². The van der Waals surface area contributed by atoms with Crippen LogP contribution < -0.4 is 16.8 Å². The quantitative estimate of drug-likeness (QED) is 0.702. The molecule has 0 spiro atoms. The molecule has 0 saturated heterocycles. The number of nitrogens with two attached hydrogens (primary N) is 2. The van der Waals surface area contributed by atoms with E-state index in [4.69, 9.17) is 11.5 Å². The Balaban J connectivity index is 2.46. The van der Waals surface area contributed by atoms with Gasteiger partial charge in [0.2, 0.25) is 11.8 Å². The number of primary amides is 1. The Labute approximate surface area is 118 Å². The maximum Gasteiger partial charge on any atom is 0.239 e. The van der Waals surface area contributed by atoms with E-state index in [0.717, 1.165) is 6.42 Å². The normalized spacial score (nSPS) is 13.0. The molecule has 0 aromatic carbocycles. The van der Waals surface area contributed by atoms with Crippen LogP contribution in [0, 0.1) is 5.41 Å². The highest BCUT2D eigenvalue weighted by molar-refractivity contribution is 5.90. The Bertz CT molecular complexity index is 475. The van der Waals surface area contributed by atoms with Crippen molar-refractivity contribution < 1.29 is 9.59 Å². The van der Waals surface area contributed by atoms with Crippen LogP contribution >= 0.6 is 0 Å². The third-order valence-electron chi connectivity index (χ3n) is 2.56. The molecule has 1 aromatic heterocycles. The highest BCUT2D eigenvalue weighted by Gasteiger charge is 2.18. The number of aromatic nitrogens is 2. The van der Waals surface area contributed by atoms with Gasteiger partial charge in [-0.1, -0.05) is 20.8 Å². The van der Waals surface area contributed by atoms with Gasteiger partial charge >= 0.3 is 0 Å². The van der Waals surface area contributed by atoms with Crippen molar-refractivity contribution in [2.24, 2.45) is 16.9 Å². The van der Waals surface area contributed by atoms with Crippen LogP contribution in [0.5, 0.6) is 0 Å². The largest absolute Gasteiger partial charge is 0.368 e. The number of amides is 2. The Morgan fingerprint density at radius 1 is 1.45 bits per heavy atom. The van der Waals surface area contributed by atoms with Gasteiger partial charge in [-0.2, -0.15) is 5.10 Å². The predicted molar refractivity (Wildman–Crippen MR) is 76.7 cm³/mol. The summed E-state index contributed by atoms with van der Waals surface area (Å²) < 4.78 is 1.37. The standard InChI is InChI=1S/C13H23N5O2/c1-13(2,3)5-9(14)4-12(20)17-10-6-16-18(7-10)8-11(15)19/h6-7,9H,4-5,8,14H2,1-3H3,(H2,15,19)(H,17,20). The molecule has 1 rings (SSSR count). The molecule has 20 heavy (non-hydrogen) atoms. The van der Waals surface area contributed by atoms with Crippen molar-refractivity contribution >= 4 is 17.5 Å². The molecule has 1 atom stereocenters. The fourth-order valence-corrected chi connectivity index (χ4v) is 1.98. The van der Waals surface area contributed by atoms with Crippen LogP contribution in [0.15, 0.2) is 12.4 Å². The first-order valence-electron chi connectivity index (χ1n) is 6.52. The number of rotatable bonds is 6. The van der Waals surface area contributed by atoms with E-state index in [2.05, 4.69) is 31.2 Å². The summed E-state index contributed by atoms with van der Waals surface area (Å²) in [6, 6.07) is -0.185. The molecule has 0 aliphatic carbocycles. The van der Waals surface area contributed by atoms with Gasteiger partial charge < -0.3 is 16.8 Å². The van der Waals surface area contributed by atoms with E-state index < -0.39 is 5.91 Å². The van der Waals surface area contributed by atoms with Crippen LogP contribution in [-0.4, -0.2) is 27.6 Å². The van der Waals surface area contributed by atoms with Crippen LogP contribution in [0.25, 0.3) is 0 Å². The molecule has 1 unspecified atom stereocenters. The summed E-state index contributed by atoms with van der Waals surface area (Å²) in [5.74, 6) is -0.654. The van der Waals surface area contributed by atoms with E-state index >= 15 is 0 Å². The average molecular weight is 281 g/mol. The van der Waals surface area contributed by atoms with Crippen LogP contribution in [0.4, 0.5) is 5.69 Å². The second kappa shape index (κ2) is 6.51. The molecule has 2 amide bonds. The Morgan fingerprint density at radius 2 is 2.10 bits per heavy atom. The maximum absolute atomic E-state index is 11.8. The van der Waals surface area contributed by atoms with E-state index in [0.29, 0.717) is 5.69 Å². The zero-order chi connectivity index (χ0) is 15.3. The van der Waals surface area contributed by atoms with Crippen molar-refractivity contribution in [3.05, 3.63) is 12.4 Å². The van der Waals surface area contributed by atoms with Crippen molar-refractivity contribution in [3.63, 3.8) is 0 Å². The summed E-state index contributed by atoms with van der Waals surface area (Å²) in [4.78, 5) is 22.6. The summed E-state index contributed by atoms with van der Waals surface area (Å²) in [6.07, 6.45) is 4.04. The number of carbonyl (C=O) groups excluding carboxylic acids is 2. The molecule has 0 fully saturated rings. The van der Waals surface area contributed by atoms with Crippen LogP contribution in [0.1, 0.15) is 33.6 Å². The monoisotopic (exact) mass is 281 g/mol. The summed E-state index contributed by atoms with van der Waals surface area (Å²) in [5, 5.41) is 6.62. The Kier molecular flexibility index (Phi) is 5.26. The van der Waals surface area contributed by atoms with E-state index in [-0.39, 0.29) is 30.3 Å². The van der Waals surface area contributed by atoms with E-state index in [1.54, 1.807) is 6.20 Å². The molecular weight excluding hydrogens is 258 g/mol. The predicted octanol–water partition coefficient (Wildman–Crippen LogP) is 0.461. The van der Waals surface area contributed by atoms with Crippen LogP contribution in [-0.2, 0) is 16.1 Å². The fraction of sp³-hybridized carbons (Fsp3) is 0.615. The molecule has 0 saturated carbocycles. The molecular formula is C13H23N5O2. The fourth-order valence-electron chi connectivity index (χ4n) is 1.98. The number of nitrogens with one attached hydrogen (secondary N) is 1. The average Bonchev–Trinajstić information content (AvgIpc) is 2.60. The molecule has 5 N–H and O–H groups in total. The van der Waals surface area contributed by atoms with Crippen molar-refractivity contribution in [2.75, 3.05) is 5.32 Å². The lowest BCUT2D eigenvalue weighted by Crippen LogP contribution is -2.31. The topological polar surface area (TPSA) is 116 Å². The first-order chi connectivity index (χ1) is 9.15. The SMILES string of the molecule is CC(C)(C)CC(N)CC(=O)Nc1cnn(CC(N)=O)c1. The maximum atomic E-state index is 11.8. The number of anilines is 1. The van der Waals surface area contributed by atoms with Gasteiger partial charge in [-0.25, -0.2) is 0 Å². The lowest BCUT2D eigenvalue weighted by Gasteiger charge is -2.22. The lowest BCUT2D eigenvalue weighted by molar-refractivity contribution is -0.119. The minimum absolute atomic E-state index is 0.0145. The molecule has 0 bridgehead atoms. The van der Waals surface area contributed by atoms with Gasteiger partial charge in [0.15, 0.2) is 0 Å². The second-order valence-electron chi connectivity index (χ2n) is 6.17. The van der Waals surface area contributed by atoms with Gasteiger partial charge in [-0.15, -0.1) is 0 Å². The third kappa shape index (κ3) is 6.33. The Morgan fingerprint density at radius 3 is 2.65 bits per heavy atom. The molecule has 0 aliphatic heterocycles. The summed E-state index contributed by atoms with van der Waals surface area (Å²) in [5.41, 5.74) is 11.6. The molecule has 7 nitrogen and oxygen atoms in total. The second-order valence-corrected chi connectivity index (χ2v) is 6.17. The first kappa shape index (κ1) is 16.2. The summed E-state index contributed by atoms with van der Waals surface area (Å²) >= 11 is 0. The van der Waals surface area contributed by atoms with Gasteiger partial charge in [0.25, 0.3) is 0 Å². The van der Waals surface area contributed by atoms with Gasteiger partial charge in [-0.05, 0) is 11.8 Å². The number of hydrogen-bond donors (Lipinski definition) is 3. The van der Waals surface area contributed by atoms with Gasteiger partial charge in [0.05, 0.1) is 11.9 Å². The van der Waals surface area contributed by atoms with Crippen molar-refractivity contribution in [2.45, 2.75) is 46.2 Å². The third-order valence-corrected chi connectivity index (χ3v) is 2.56. The number of hydrogen-bond acceptors (Lipinski definition) is 4. The Hall–Kier alpha value is -1.89. The first-order valence-corrected chi connectivity index (χ1v) is 6.52. The molecule has 1 aromatic rings. The van der Waals surface area contributed by atoms with E-state index in [1.165, 1.54) is 10.9 Å². The van der Waals surface area contributed by atoms with Gasteiger partial charge in [-0.3, -0.25) is 14.3 Å². The number of nitrogens with zero attached hydrogens (tertiary/aromatic N) is 2. The minimum Gasteiger partial charge on any atom is -0.368 e. The van der Waals surface area contributed by atoms with Crippen LogP contribution in [0.3, 0.4) is 0 Å². The lowest BCUT2D eigenvalue weighted by atomic mass is 9.87. The minimum atomic E-state index is -0.488. The van der Waals surface area contributed by atoms with Crippen molar-refractivity contribution in [3.8, 4) is 0 Å². The highest BCUT2D eigenvalue weighted by atomic mass is 16.2. The smallest absolute Gasteiger partial charge is 0.239 e. The van der Waals surface area contributed by atoms with Gasteiger partial charge in [0, 0.05) is 18.7 Å². The number of carbonyl (C=O) groups is 2. The van der Waals surface area contributed by atoms with E-state index in [1.807, 2.05) is 0 Å². The zero-order valence-corrected chi connectivity index (χ0v) is 12.2. The summed E-state index contributed by atoms with van der Waals surface area (Å²) in [7, 11) is 0. The molecule has 1 heterocycles. The van der Waals surface area contributed by atoms with Crippen molar-refractivity contribution in [1.82, 2.24) is 9.78 Å². The molecule has 0 radical (unpaired) electrons. The zero-order valence-electron chi connectivity index (χ0n) is 12.2. The molecule has 7 heteroatoms. The summed E-state index contributed by atoms with van der Waals surface area (Å²) in [6.45, 7) is 6.23. The highest BCUT2D eigenvalue weighted by Crippen LogP contribution is 2.21. The van der Waals surface area contributed by atoms with E-state index in [9.17, 15) is 9.59 Å². The van der Waals surface area contributed by atoms with Gasteiger partial charge in [0.1, 0.15) is 6.54 Å².